The third kappa shape index (κ3) is 4.95. The molecule has 0 spiro atoms. The number of fused-ring (bicyclic) bond motifs is 1. The molecule has 0 unspecified atom stereocenters. The van der Waals surface area contributed by atoms with Crippen LogP contribution < -0.4 is 5.32 Å². The molecule has 164 valence electrons. The van der Waals surface area contributed by atoms with Crippen LogP contribution in [0.1, 0.15) is 28.1 Å². The van der Waals surface area contributed by atoms with Crippen LogP contribution in [0.15, 0.2) is 60.8 Å². The monoisotopic (exact) mass is 462 g/mol. The molecule has 0 atom stereocenters. The number of hydrogen-bond donors (Lipinski definition) is 2. The number of rotatable bonds is 6. The minimum atomic E-state index is 0.639. The van der Waals surface area contributed by atoms with Gasteiger partial charge in [-0.2, -0.15) is 0 Å². The Morgan fingerprint density at radius 3 is 2.72 bits per heavy atom. The number of benzene rings is 2. The van der Waals surface area contributed by atoms with Crippen molar-refractivity contribution in [1.29, 1.82) is 0 Å². The Bertz CT molecular complexity index is 1250. The van der Waals surface area contributed by atoms with Crippen molar-refractivity contribution in [3.05, 3.63) is 93.9 Å². The summed E-state index contributed by atoms with van der Waals surface area (Å²) in [7, 11) is 0. The average molecular weight is 463 g/mol. The number of anilines is 1. The number of nitrogens with one attached hydrogen (secondary N) is 2. The Kier molecular flexibility index (Phi) is 6.77. The normalized spacial score (nSPS) is 11.0. The van der Waals surface area contributed by atoms with Crippen molar-refractivity contribution < 1.29 is 0 Å². The van der Waals surface area contributed by atoms with Gasteiger partial charge >= 0.3 is 0 Å². The van der Waals surface area contributed by atoms with E-state index in [2.05, 4.69) is 59.2 Å². The van der Waals surface area contributed by atoms with Gasteiger partial charge in [-0.25, -0.2) is 0 Å². The van der Waals surface area contributed by atoms with Crippen LogP contribution in [0.25, 0.3) is 10.9 Å². The molecule has 0 bridgehead atoms. The SMILES string of the molecule is Cc1cccc(NC(=S)N(CCc2c(C)[nH]c3ccc(Cl)cc23)Cc2ccccn2)c1C. The van der Waals surface area contributed by atoms with Gasteiger partial charge < -0.3 is 15.2 Å². The lowest BCUT2D eigenvalue weighted by molar-refractivity contribution is 0.417. The van der Waals surface area contributed by atoms with Crippen LogP contribution in [0.3, 0.4) is 0 Å². The van der Waals surface area contributed by atoms with Gasteiger partial charge in [-0.05, 0) is 92.5 Å². The highest BCUT2D eigenvalue weighted by Gasteiger charge is 2.16. The number of halogens is 1. The van der Waals surface area contributed by atoms with E-state index in [4.69, 9.17) is 23.8 Å². The highest BCUT2D eigenvalue weighted by Crippen LogP contribution is 2.26. The highest BCUT2D eigenvalue weighted by molar-refractivity contribution is 7.80. The summed E-state index contributed by atoms with van der Waals surface area (Å²) < 4.78 is 0. The van der Waals surface area contributed by atoms with Gasteiger partial charge in [0, 0.05) is 40.0 Å². The topological polar surface area (TPSA) is 44.0 Å². The van der Waals surface area contributed by atoms with Crippen LogP contribution in [-0.2, 0) is 13.0 Å². The zero-order valence-electron chi connectivity index (χ0n) is 18.6. The predicted octanol–water partition coefficient (Wildman–Crippen LogP) is 6.58. The summed E-state index contributed by atoms with van der Waals surface area (Å²) in [6.45, 7) is 7.73. The van der Waals surface area contributed by atoms with Crippen molar-refractivity contribution >= 4 is 45.5 Å². The minimum absolute atomic E-state index is 0.639. The molecule has 0 amide bonds. The molecule has 2 aromatic heterocycles. The van der Waals surface area contributed by atoms with Gasteiger partial charge in [0.15, 0.2) is 5.11 Å². The number of H-pyrrole nitrogens is 1. The lowest BCUT2D eigenvalue weighted by Gasteiger charge is -2.26. The lowest BCUT2D eigenvalue weighted by atomic mass is 10.1. The van der Waals surface area contributed by atoms with Crippen LogP contribution in [0.2, 0.25) is 5.02 Å². The van der Waals surface area contributed by atoms with Crippen LogP contribution >= 0.6 is 23.8 Å². The zero-order chi connectivity index (χ0) is 22.7. The maximum absolute atomic E-state index is 6.27. The molecule has 4 aromatic rings. The molecule has 0 aliphatic carbocycles. The summed E-state index contributed by atoms with van der Waals surface area (Å²) in [5.41, 5.74) is 7.99. The van der Waals surface area contributed by atoms with Crippen molar-refractivity contribution in [1.82, 2.24) is 14.9 Å². The number of hydrogen-bond acceptors (Lipinski definition) is 2. The van der Waals surface area contributed by atoms with E-state index in [0.29, 0.717) is 11.7 Å². The summed E-state index contributed by atoms with van der Waals surface area (Å²) in [5.74, 6) is 0. The smallest absolute Gasteiger partial charge is 0.173 e. The molecule has 0 fully saturated rings. The molecule has 2 heterocycles. The maximum atomic E-state index is 6.27. The molecular weight excluding hydrogens is 436 g/mol. The van der Waals surface area contributed by atoms with Gasteiger partial charge in [-0.15, -0.1) is 0 Å². The molecule has 0 aliphatic rings. The lowest BCUT2D eigenvalue weighted by Crippen LogP contribution is -2.36. The third-order valence-electron chi connectivity index (χ3n) is 5.93. The predicted molar refractivity (Wildman–Crippen MR) is 139 cm³/mol. The van der Waals surface area contributed by atoms with Gasteiger partial charge in [-0.1, -0.05) is 29.8 Å². The average Bonchev–Trinajstić information content (AvgIpc) is 3.09. The minimum Gasteiger partial charge on any atom is -0.358 e. The molecule has 0 aliphatic heterocycles. The molecular formula is C26H27ClN4S. The molecule has 4 rings (SSSR count). The molecule has 0 saturated heterocycles. The second-order valence-electron chi connectivity index (χ2n) is 8.09. The third-order valence-corrected chi connectivity index (χ3v) is 6.52. The Morgan fingerprint density at radius 2 is 1.94 bits per heavy atom. The number of aromatic nitrogens is 2. The number of pyridine rings is 1. The first-order chi connectivity index (χ1) is 15.4. The van der Waals surface area contributed by atoms with E-state index in [9.17, 15) is 0 Å². The molecule has 2 N–H and O–H groups in total. The van der Waals surface area contributed by atoms with Gasteiger partial charge in [-0.3, -0.25) is 4.98 Å². The molecule has 0 radical (unpaired) electrons. The molecule has 6 heteroatoms. The van der Waals surface area contributed by atoms with E-state index in [0.717, 1.165) is 40.6 Å². The van der Waals surface area contributed by atoms with E-state index in [1.54, 1.807) is 0 Å². The Labute approximate surface area is 199 Å². The first-order valence-electron chi connectivity index (χ1n) is 10.7. The molecule has 4 nitrogen and oxygen atoms in total. The summed E-state index contributed by atoms with van der Waals surface area (Å²) in [6.07, 6.45) is 2.66. The Morgan fingerprint density at radius 1 is 1.09 bits per heavy atom. The second kappa shape index (κ2) is 9.72. The first kappa shape index (κ1) is 22.3. The summed E-state index contributed by atoms with van der Waals surface area (Å²) in [4.78, 5) is 10.2. The Balaban J connectivity index is 1.58. The molecule has 2 aromatic carbocycles. The largest absolute Gasteiger partial charge is 0.358 e. The number of thiocarbonyl (C=S) groups is 1. The highest BCUT2D eigenvalue weighted by atomic mass is 35.5. The van der Waals surface area contributed by atoms with Crippen molar-refractivity contribution in [3.63, 3.8) is 0 Å². The van der Waals surface area contributed by atoms with Crippen molar-refractivity contribution in [2.45, 2.75) is 33.7 Å². The standard InChI is InChI=1S/C26H27ClN4S/c1-17-7-6-9-24(18(17)2)30-26(32)31(16-21-8-4-5-13-28-21)14-12-22-19(3)29-25-11-10-20(27)15-23(22)25/h4-11,13,15,29H,12,14,16H2,1-3H3,(H,30,32). The van der Waals surface area contributed by atoms with Gasteiger partial charge in [0.2, 0.25) is 0 Å². The number of nitrogens with zero attached hydrogens (tertiary/aromatic N) is 2. The van der Waals surface area contributed by atoms with E-state index in [-0.39, 0.29) is 0 Å². The van der Waals surface area contributed by atoms with Crippen LogP contribution in [0, 0.1) is 20.8 Å². The first-order valence-corrected chi connectivity index (χ1v) is 11.5. The van der Waals surface area contributed by atoms with Crippen LogP contribution in [-0.4, -0.2) is 26.5 Å². The second-order valence-corrected chi connectivity index (χ2v) is 8.91. The van der Waals surface area contributed by atoms with E-state index in [1.165, 1.54) is 22.1 Å². The summed E-state index contributed by atoms with van der Waals surface area (Å²) >= 11 is 12.1. The van der Waals surface area contributed by atoms with Crippen molar-refractivity contribution in [2.24, 2.45) is 0 Å². The fourth-order valence-electron chi connectivity index (χ4n) is 3.94. The molecule has 0 saturated carbocycles. The number of aromatic amines is 1. The zero-order valence-corrected chi connectivity index (χ0v) is 20.1. The summed E-state index contributed by atoms with van der Waals surface area (Å²) in [5, 5.41) is 6.07. The van der Waals surface area contributed by atoms with E-state index < -0.39 is 0 Å². The fraction of sp³-hybridized carbons (Fsp3) is 0.231. The number of aryl methyl sites for hydroxylation is 2. The molecule has 32 heavy (non-hydrogen) atoms. The van der Waals surface area contributed by atoms with Gasteiger partial charge in [0.05, 0.1) is 12.2 Å². The quantitative estimate of drug-likeness (QED) is 0.317. The summed E-state index contributed by atoms with van der Waals surface area (Å²) in [6, 6.07) is 18.2. The Hall–Kier alpha value is -2.89. The van der Waals surface area contributed by atoms with Gasteiger partial charge in [0.25, 0.3) is 0 Å². The van der Waals surface area contributed by atoms with Crippen molar-refractivity contribution in [3.8, 4) is 0 Å². The van der Waals surface area contributed by atoms with E-state index >= 15 is 0 Å². The van der Waals surface area contributed by atoms with Crippen LogP contribution in [0.4, 0.5) is 5.69 Å². The van der Waals surface area contributed by atoms with Crippen LogP contribution in [0.5, 0.6) is 0 Å². The van der Waals surface area contributed by atoms with Crippen molar-refractivity contribution in [2.75, 3.05) is 11.9 Å². The maximum Gasteiger partial charge on any atom is 0.173 e. The van der Waals surface area contributed by atoms with E-state index in [1.807, 2.05) is 42.6 Å². The fourth-order valence-corrected chi connectivity index (χ4v) is 4.38. The van der Waals surface area contributed by atoms with Gasteiger partial charge in [0.1, 0.15) is 0 Å².